The molecule has 4 rings (SSSR count). The minimum absolute atomic E-state index is 0.0842. The van der Waals surface area contributed by atoms with Crippen LogP contribution in [0.5, 0.6) is 5.88 Å². The summed E-state index contributed by atoms with van der Waals surface area (Å²) in [5.41, 5.74) is 3.29. The molecule has 1 saturated heterocycles. The zero-order chi connectivity index (χ0) is 17.3. The summed E-state index contributed by atoms with van der Waals surface area (Å²) in [5, 5.41) is 12.1. The van der Waals surface area contributed by atoms with E-state index in [1.807, 2.05) is 18.2 Å². The molecule has 0 radical (unpaired) electrons. The van der Waals surface area contributed by atoms with Gasteiger partial charge in [0.1, 0.15) is 12.4 Å². The quantitative estimate of drug-likeness (QED) is 0.930. The Bertz CT molecular complexity index is 881. The minimum Gasteiger partial charge on any atom is -0.473 e. The predicted molar refractivity (Wildman–Crippen MR) is 92.2 cm³/mol. The fourth-order valence-electron chi connectivity index (χ4n) is 3.39. The van der Waals surface area contributed by atoms with Crippen molar-refractivity contribution >= 4 is 5.57 Å². The van der Waals surface area contributed by atoms with Crippen LogP contribution in [0.15, 0.2) is 42.5 Å². The lowest BCUT2D eigenvalue weighted by molar-refractivity contribution is 0.189. The Morgan fingerprint density at radius 2 is 2.16 bits per heavy atom. The van der Waals surface area contributed by atoms with Gasteiger partial charge in [-0.05, 0) is 36.6 Å². The first kappa shape index (κ1) is 15.8. The van der Waals surface area contributed by atoms with Crippen LogP contribution in [-0.4, -0.2) is 18.1 Å². The van der Waals surface area contributed by atoms with Crippen LogP contribution in [0.2, 0.25) is 0 Å². The topological polar surface area (TPSA) is 57.9 Å². The number of ether oxygens (including phenoxy) is 1. The molecule has 1 aliphatic heterocycles. The van der Waals surface area contributed by atoms with Gasteiger partial charge in [0.25, 0.3) is 0 Å². The zero-order valence-electron chi connectivity index (χ0n) is 13.8. The van der Waals surface area contributed by atoms with Crippen LogP contribution in [0, 0.1) is 22.6 Å². The molecule has 1 aromatic carbocycles. The van der Waals surface area contributed by atoms with Gasteiger partial charge < -0.3 is 10.1 Å². The molecule has 1 aromatic heterocycles. The monoisotopic (exact) mass is 335 g/mol. The van der Waals surface area contributed by atoms with Crippen molar-refractivity contribution in [2.45, 2.75) is 19.4 Å². The van der Waals surface area contributed by atoms with Gasteiger partial charge in [-0.3, -0.25) is 0 Å². The van der Waals surface area contributed by atoms with Crippen molar-refractivity contribution < 1.29 is 9.13 Å². The van der Waals surface area contributed by atoms with Crippen LogP contribution >= 0.6 is 0 Å². The van der Waals surface area contributed by atoms with E-state index in [-0.39, 0.29) is 6.61 Å². The summed E-state index contributed by atoms with van der Waals surface area (Å²) in [7, 11) is 0. The van der Waals surface area contributed by atoms with Crippen LogP contribution in [-0.2, 0) is 6.61 Å². The second-order valence-corrected chi connectivity index (χ2v) is 6.78. The number of nitrogens with zero attached hydrogens (tertiary/aromatic N) is 2. The van der Waals surface area contributed by atoms with Gasteiger partial charge in [0.15, 0.2) is 0 Å². The van der Waals surface area contributed by atoms with Crippen LogP contribution in [0.1, 0.15) is 29.7 Å². The highest BCUT2D eigenvalue weighted by Gasteiger charge is 2.40. The molecule has 25 heavy (non-hydrogen) atoms. The van der Waals surface area contributed by atoms with E-state index >= 15 is 0 Å². The maximum absolute atomic E-state index is 13.9. The van der Waals surface area contributed by atoms with E-state index in [0.717, 1.165) is 31.6 Å². The molecule has 1 spiro atoms. The molecule has 0 bridgehead atoms. The lowest BCUT2D eigenvalue weighted by Crippen LogP contribution is -2.51. The largest absolute Gasteiger partial charge is 0.473 e. The number of rotatable bonds is 4. The fourth-order valence-corrected chi connectivity index (χ4v) is 3.39. The lowest BCUT2D eigenvalue weighted by atomic mass is 9.78. The molecular weight excluding hydrogens is 317 g/mol. The molecule has 0 unspecified atom stereocenters. The average molecular weight is 335 g/mol. The molecule has 126 valence electrons. The van der Waals surface area contributed by atoms with Crippen molar-refractivity contribution in [2.24, 2.45) is 5.41 Å². The molecular formula is C20H18FN3O. The SMILES string of the molecule is N#Cc1ccc(COc2cccc(C3=CCC4(CNC4)C3)n2)c(F)c1. The van der Waals surface area contributed by atoms with Crippen molar-refractivity contribution in [3.8, 4) is 11.9 Å². The molecule has 0 amide bonds. The number of benzene rings is 1. The molecule has 4 nitrogen and oxygen atoms in total. The first-order valence-electron chi connectivity index (χ1n) is 8.36. The molecule has 1 aliphatic carbocycles. The van der Waals surface area contributed by atoms with E-state index in [4.69, 9.17) is 10.00 Å². The third-order valence-electron chi connectivity index (χ3n) is 4.96. The molecule has 5 heteroatoms. The number of nitrogens with one attached hydrogen (secondary N) is 1. The summed E-state index contributed by atoms with van der Waals surface area (Å²) in [6.07, 6.45) is 4.41. The predicted octanol–water partition coefficient (Wildman–Crippen LogP) is 3.44. The number of hydrogen-bond acceptors (Lipinski definition) is 4. The van der Waals surface area contributed by atoms with E-state index in [1.165, 1.54) is 11.6 Å². The summed E-state index contributed by atoms with van der Waals surface area (Å²) < 4.78 is 19.6. The molecule has 0 atom stereocenters. The lowest BCUT2D eigenvalue weighted by Gasteiger charge is -2.39. The third kappa shape index (κ3) is 3.13. The number of aromatic nitrogens is 1. The highest BCUT2D eigenvalue weighted by molar-refractivity contribution is 5.66. The fraction of sp³-hybridized carbons (Fsp3) is 0.300. The number of hydrogen-bond donors (Lipinski definition) is 1. The third-order valence-corrected chi connectivity index (χ3v) is 4.96. The second-order valence-electron chi connectivity index (χ2n) is 6.78. The van der Waals surface area contributed by atoms with Crippen LogP contribution in [0.4, 0.5) is 4.39 Å². The van der Waals surface area contributed by atoms with Crippen LogP contribution in [0.3, 0.4) is 0 Å². The summed E-state index contributed by atoms with van der Waals surface area (Å²) >= 11 is 0. The van der Waals surface area contributed by atoms with Crippen molar-refractivity contribution in [3.63, 3.8) is 0 Å². The highest BCUT2D eigenvalue weighted by atomic mass is 19.1. The molecule has 1 fully saturated rings. The Labute approximate surface area is 146 Å². The highest BCUT2D eigenvalue weighted by Crippen LogP contribution is 2.44. The normalized spacial score (nSPS) is 17.7. The Hall–Kier alpha value is -2.71. The first-order chi connectivity index (χ1) is 12.2. The maximum atomic E-state index is 13.9. The zero-order valence-corrected chi connectivity index (χ0v) is 13.8. The summed E-state index contributed by atoms with van der Waals surface area (Å²) in [6.45, 7) is 2.23. The second kappa shape index (κ2) is 6.30. The molecule has 2 aliphatic rings. The molecule has 1 N–H and O–H groups in total. The van der Waals surface area contributed by atoms with Gasteiger partial charge in [0.2, 0.25) is 5.88 Å². The number of nitriles is 1. The molecule has 2 heterocycles. The van der Waals surface area contributed by atoms with E-state index in [1.54, 1.807) is 18.2 Å². The van der Waals surface area contributed by atoms with Gasteiger partial charge >= 0.3 is 0 Å². The number of pyridine rings is 1. The minimum atomic E-state index is -0.437. The summed E-state index contributed by atoms with van der Waals surface area (Å²) in [4.78, 5) is 4.57. The van der Waals surface area contributed by atoms with Crippen molar-refractivity contribution in [1.29, 1.82) is 5.26 Å². The Balaban J connectivity index is 1.45. The van der Waals surface area contributed by atoms with Gasteiger partial charge in [-0.1, -0.05) is 18.2 Å². The molecule has 2 aromatic rings. The van der Waals surface area contributed by atoms with E-state index in [9.17, 15) is 4.39 Å². The summed E-state index contributed by atoms with van der Waals surface area (Å²) in [6, 6.07) is 12.0. The van der Waals surface area contributed by atoms with E-state index < -0.39 is 5.82 Å². The Morgan fingerprint density at radius 1 is 1.28 bits per heavy atom. The Kier molecular flexibility index (Phi) is 3.98. The first-order valence-corrected chi connectivity index (χ1v) is 8.36. The molecule has 0 saturated carbocycles. The van der Waals surface area contributed by atoms with E-state index in [2.05, 4.69) is 16.4 Å². The number of allylic oxidation sites excluding steroid dienone is 2. The van der Waals surface area contributed by atoms with Gasteiger partial charge in [-0.15, -0.1) is 0 Å². The average Bonchev–Trinajstić information content (AvgIpc) is 3.07. The van der Waals surface area contributed by atoms with Gasteiger partial charge in [0, 0.05) is 30.1 Å². The van der Waals surface area contributed by atoms with Gasteiger partial charge in [0.05, 0.1) is 17.3 Å². The van der Waals surface area contributed by atoms with Gasteiger partial charge in [-0.25, -0.2) is 9.37 Å². The van der Waals surface area contributed by atoms with Crippen LogP contribution < -0.4 is 10.1 Å². The summed E-state index contributed by atoms with van der Waals surface area (Å²) in [5.74, 6) is 0.0444. The van der Waals surface area contributed by atoms with Crippen molar-refractivity contribution in [3.05, 3.63) is 65.1 Å². The maximum Gasteiger partial charge on any atom is 0.214 e. The van der Waals surface area contributed by atoms with E-state index in [0.29, 0.717) is 22.4 Å². The standard InChI is InChI=1S/C20H18FN3O/c21-17-8-14(10-22)4-5-16(17)11-25-19-3-1-2-18(24-19)15-6-7-20(9-15)12-23-13-20/h1-6,8,23H,7,9,11-13H2. The van der Waals surface area contributed by atoms with Crippen molar-refractivity contribution in [1.82, 2.24) is 10.3 Å². The van der Waals surface area contributed by atoms with Crippen molar-refractivity contribution in [2.75, 3.05) is 13.1 Å². The Morgan fingerprint density at radius 3 is 2.84 bits per heavy atom. The smallest absolute Gasteiger partial charge is 0.214 e. The number of halogens is 1. The van der Waals surface area contributed by atoms with Crippen LogP contribution in [0.25, 0.3) is 5.57 Å². The van der Waals surface area contributed by atoms with Gasteiger partial charge in [-0.2, -0.15) is 5.26 Å².